The molecule has 0 unspecified atom stereocenters. The summed E-state index contributed by atoms with van der Waals surface area (Å²) in [5.41, 5.74) is 4.04. The Balaban J connectivity index is 1.45. The number of aryl methyl sites for hydroxylation is 1. The number of benzene rings is 1. The zero-order valence-corrected chi connectivity index (χ0v) is 19.0. The Labute approximate surface area is 183 Å². The number of hydrogen-bond donors (Lipinski definition) is 1. The fourth-order valence-electron chi connectivity index (χ4n) is 3.61. The second kappa shape index (κ2) is 8.87. The van der Waals surface area contributed by atoms with Gasteiger partial charge < -0.3 is 10.2 Å². The standard InChI is InChI=1S/C21H25N5O2S2/c1-13-7-8-15-17(11-13)30-20(22-15)23-18(27)12-29-19-14-5-4-6-16(14)26(21(28)24-19)10-9-25(2)3/h7-8,11H,4-6,9-10,12H2,1-3H3,(H,22,23,27). The molecule has 158 valence electrons. The molecule has 3 aromatic rings. The van der Waals surface area contributed by atoms with Crippen LogP contribution in [0.3, 0.4) is 0 Å². The fourth-order valence-corrected chi connectivity index (χ4v) is 5.47. The summed E-state index contributed by atoms with van der Waals surface area (Å²) in [7, 11) is 3.99. The Kier molecular flexibility index (Phi) is 6.21. The molecule has 0 bridgehead atoms. The highest BCUT2D eigenvalue weighted by Gasteiger charge is 2.22. The predicted octanol–water partition coefficient (Wildman–Crippen LogP) is 2.94. The van der Waals surface area contributed by atoms with E-state index in [1.165, 1.54) is 28.7 Å². The van der Waals surface area contributed by atoms with Crippen LogP contribution in [-0.2, 0) is 24.2 Å². The lowest BCUT2D eigenvalue weighted by Crippen LogP contribution is -2.31. The van der Waals surface area contributed by atoms with Crippen LogP contribution in [0.25, 0.3) is 10.2 Å². The molecule has 0 aliphatic heterocycles. The van der Waals surface area contributed by atoms with Crippen molar-refractivity contribution in [1.82, 2.24) is 19.4 Å². The van der Waals surface area contributed by atoms with Gasteiger partial charge in [0, 0.05) is 24.3 Å². The summed E-state index contributed by atoms with van der Waals surface area (Å²) in [5.74, 6) is 0.0661. The summed E-state index contributed by atoms with van der Waals surface area (Å²) in [6.07, 6.45) is 2.82. The summed E-state index contributed by atoms with van der Waals surface area (Å²) in [5, 5.41) is 4.17. The van der Waals surface area contributed by atoms with Crippen molar-refractivity contribution in [2.45, 2.75) is 37.8 Å². The lowest BCUT2D eigenvalue weighted by atomic mass is 10.2. The van der Waals surface area contributed by atoms with E-state index in [1.54, 1.807) is 4.57 Å². The van der Waals surface area contributed by atoms with Crippen LogP contribution in [0.5, 0.6) is 0 Å². The van der Waals surface area contributed by atoms with Gasteiger partial charge >= 0.3 is 5.69 Å². The number of thioether (sulfide) groups is 1. The Morgan fingerprint density at radius 1 is 1.30 bits per heavy atom. The smallest absolute Gasteiger partial charge is 0.308 e. The number of likely N-dealkylation sites (N-methyl/N-ethyl adjacent to an activating group) is 1. The highest BCUT2D eigenvalue weighted by atomic mass is 32.2. The first kappa shape index (κ1) is 21.0. The van der Waals surface area contributed by atoms with Crippen molar-refractivity contribution in [3.05, 3.63) is 45.5 Å². The van der Waals surface area contributed by atoms with Crippen molar-refractivity contribution >= 4 is 44.4 Å². The highest BCUT2D eigenvalue weighted by Crippen LogP contribution is 2.30. The zero-order chi connectivity index (χ0) is 21.3. The lowest BCUT2D eigenvalue weighted by molar-refractivity contribution is -0.113. The van der Waals surface area contributed by atoms with Crippen LogP contribution >= 0.6 is 23.1 Å². The van der Waals surface area contributed by atoms with Gasteiger partial charge in [0.15, 0.2) is 5.13 Å². The Morgan fingerprint density at radius 3 is 2.93 bits per heavy atom. The third-order valence-electron chi connectivity index (χ3n) is 5.10. The third kappa shape index (κ3) is 4.58. The van der Waals surface area contributed by atoms with E-state index in [0.29, 0.717) is 16.7 Å². The van der Waals surface area contributed by atoms with Crippen molar-refractivity contribution in [1.29, 1.82) is 0 Å². The summed E-state index contributed by atoms with van der Waals surface area (Å²) < 4.78 is 2.86. The van der Waals surface area contributed by atoms with Gasteiger partial charge in [-0.05, 0) is 58.0 Å². The van der Waals surface area contributed by atoms with E-state index in [1.807, 2.05) is 33.2 Å². The average Bonchev–Trinajstić information content (AvgIpc) is 3.31. The number of fused-ring (bicyclic) bond motifs is 2. The highest BCUT2D eigenvalue weighted by molar-refractivity contribution is 8.00. The first-order valence-electron chi connectivity index (χ1n) is 9.98. The SMILES string of the molecule is Cc1ccc2nc(NC(=O)CSc3nc(=O)n(CCN(C)C)c4c3CCC4)sc2c1. The van der Waals surface area contributed by atoms with Gasteiger partial charge in [-0.3, -0.25) is 9.36 Å². The number of nitrogens with zero attached hydrogens (tertiary/aromatic N) is 4. The molecule has 4 rings (SSSR count). The second-order valence-electron chi connectivity index (χ2n) is 7.76. The second-order valence-corrected chi connectivity index (χ2v) is 9.75. The predicted molar refractivity (Wildman–Crippen MR) is 123 cm³/mol. The van der Waals surface area contributed by atoms with Crippen LogP contribution in [-0.4, -0.2) is 51.7 Å². The number of carbonyl (C=O) groups is 1. The molecule has 2 aromatic heterocycles. The Bertz CT molecular complexity index is 1150. The number of carbonyl (C=O) groups excluding carboxylic acids is 1. The van der Waals surface area contributed by atoms with Crippen LogP contribution in [0.1, 0.15) is 23.2 Å². The Hall–Kier alpha value is -2.23. The van der Waals surface area contributed by atoms with E-state index in [4.69, 9.17) is 0 Å². The van der Waals surface area contributed by atoms with E-state index in [-0.39, 0.29) is 17.3 Å². The summed E-state index contributed by atoms with van der Waals surface area (Å²) in [6, 6.07) is 6.04. The minimum atomic E-state index is -0.220. The zero-order valence-electron chi connectivity index (χ0n) is 17.4. The summed E-state index contributed by atoms with van der Waals surface area (Å²) in [4.78, 5) is 35.9. The van der Waals surface area contributed by atoms with E-state index < -0.39 is 0 Å². The van der Waals surface area contributed by atoms with Crippen LogP contribution in [0, 0.1) is 6.92 Å². The number of aromatic nitrogens is 3. The normalized spacial score (nSPS) is 13.2. The van der Waals surface area contributed by atoms with Gasteiger partial charge in [-0.2, -0.15) is 4.98 Å². The van der Waals surface area contributed by atoms with Gasteiger partial charge in [0.2, 0.25) is 5.91 Å². The first-order chi connectivity index (χ1) is 14.4. The maximum Gasteiger partial charge on any atom is 0.348 e. The number of anilines is 1. The molecule has 0 radical (unpaired) electrons. The molecule has 1 aromatic carbocycles. The molecule has 7 nitrogen and oxygen atoms in total. The van der Waals surface area contributed by atoms with E-state index >= 15 is 0 Å². The van der Waals surface area contributed by atoms with E-state index in [9.17, 15) is 9.59 Å². The summed E-state index contributed by atoms with van der Waals surface area (Å²) >= 11 is 2.81. The minimum absolute atomic E-state index is 0.138. The van der Waals surface area contributed by atoms with Gasteiger partial charge in [-0.25, -0.2) is 9.78 Å². The molecule has 1 aliphatic carbocycles. The molecule has 1 amide bonds. The third-order valence-corrected chi connectivity index (χ3v) is 7.05. The van der Waals surface area contributed by atoms with Crippen molar-refractivity contribution < 1.29 is 4.79 Å². The molecule has 1 aliphatic rings. The molecule has 0 atom stereocenters. The summed E-state index contributed by atoms with van der Waals surface area (Å²) in [6.45, 7) is 3.47. The van der Waals surface area contributed by atoms with Crippen LogP contribution < -0.4 is 11.0 Å². The molecule has 0 saturated heterocycles. The van der Waals surface area contributed by atoms with E-state index in [0.717, 1.165) is 47.3 Å². The first-order valence-corrected chi connectivity index (χ1v) is 11.8. The van der Waals surface area contributed by atoms with Crippen molar-refractivity contribution in [2.24, 2.45) is 0 Å². The van der Waals surface area contributed by atoms with Gasteiger partial charge in [-0.1, -0.05) is 29.2 Å². The number of nitrogens with one attached hydrogen (secondary N) is 1. The molecule has 0 fully saturated rings. The van der Waals surface area contributed by atoms with Crippen molar-refractivity contribution in [2.75, 3.05) is 31.7 Å². The largest absolute Gasteiger partial charge is 0.348 e. The van der Waals surface area contributed by atoms with Gasteiger partial charge in [-0.15, -0.1) is 0 Å². The monoisotopic (exact) mass is 443 g/mol. The lowest BCUT2D eigenvalue weighted by Gasteiger charge is -2.16. The number of hydrogen-bond acceptors (Lipinski definition) is 7. The van der Waals surface area contributed by atoms with Crippen LogP contribution in [0.2, 0.25) is 0 Å². The maximum absolute atomic E-state index is 12.6. The quantitative estimate of drug-likeness (QED) is 0.447. The average molecular weight is 444 g/mol. The molecular formula is C21H25N5O2S2. The minimum Gasteiger partial charge on any atom is -0.308 e. The number of thiazole rings is 1. The molecule has 0 saturated carbocycles. The molecule has 2 heterocycles. The van der Waals surface area contributed by atoms with E-state index in [2.05, 4.69) is 26.3 Å². The maximum atomic E-state index is 12.6. The van der Waals surface area contributed by atoms with Gasteiger partial charge in [0.05, 0.1) is 16.0 Å². The topological polar surface area (TPSA) is 80.1 Å². The van der Waals surface area contributed by atoms with Crippen molar-refractivity contribution in [3.63, 3.8) is 0 Å². The fraction of sp³-hybridized carbons (Fsp3) is 0.429. The number of rotatable bonds is 7. The van der Waals surface area contributed by atoms with Crippen LogP contribution in [0.4, 0.5) is 5.13 Å². The Morgan fingerprint density at radius 2 is 2.13 bits per heavy atom. The van der Waals surface area contributed by atoms with Gasteiger partial charge in [0.1, 0.15) is 5.03 Å². The molecule has 9 heteroatoms. The number of amides is 1. The molecule has 30 heavy (non-hydrogen) atoms. The molecular weight excluding hydrogens is 418 g/mol. The van der Waals surface area contributed by atoms with Crippen molar-refractivity contribution in [3.8, 4) is 0 Å². The van der Waals surface area contributed by atoms with Gasteiger partial charge in [0.25, 0.3) is 0 Å². The van der Waals surface area contributed by atoms with Crippen LogP contribution in [0.15, 0.2) is 28.0 Å². The molecule has 0 spiro atoms. The molecule has 1 N–H and O–H groups in total.